The Hall–Kier alpha value is -1.46. The average molecular weight is 277 g/mol. The van der Waals surface area contributed by atoms with Gasteiger partial charge in [0, 0.05) is 11.4 Å². The number of hydrogen-bond donors (Lipinski definition) is 1. The van der Waals surface area contributed by atoms with Gasteiger partial charge in [-0.1, -0.05) is 6.08 Å². The molecule has 0 saturated carbocycles. The summed E-state index contributed by atoms with van der Waals surface area (Å²) in [4.78, 5) is 11.0. The molecule has 0 unspecified atom stereocenters. The Bertz CT molecular complexity index is 565. The number of nitrogens with zero attached hydrogens (tertiary/aromatic N) is 2. The van der Waals surface area contributed by atoms with Crippen LogP contribution in [0.1, 0.15) is 16.9 Å². The second-order valence-electron chi connectivity index (χ2n) is 4.30. The Kier molecular flexibility index (Phi) is 4.87. The van der Waals surface area contributed by atoms with E-state index in [-0.39, 0.29) is 0 Å². The van der Waals surface area contributed by atoms with Gasteiger partial charge in [-0.3, -0.25) is 0 Å². The van der Waals surface area contributed by atoms with Crippen molar-refractivity contribution in [1.29, 1.82) is 0 Å². The van der Waals surface area contributed by atoms with Crippen molar-refractivity contribution in [1.82, 2.24) is 9.97 Å². The van der Waals surface area contributed by atoms with Crippen LogP contribution in [0.25, 0.3) is 10.2 Å². The highest BCUT2D eigenvalue weighted by molar-refractivity contribution is 7.18. The molecule has 0 fully saturated rings. The standard InChI is InChI=1S/C14H19N3OS/c1-4-5-7-18-8-6-15-13-12-10(2)11(3)19-14(12)17-9-16-13/h4,9H,1,5-8H2,2-3H3,(H,15,16,17). The summed E-state index contributed by atoms with van der Waals surface area (Å²) in [6.45, 7) is 10.0. The Labute approximate surface area is 117 Å². The van der Waals surface area contributed by atoms with E-state index in [1.165, 1.54) is 10.4 Å². The maximum absolute atomic E-state index is 5.47. The normalized spacial score (nSPS) is 10.8. The van der Waals surface area contributed by atoms with Crippen LogP contribution in [-0.2, 0) is 4.74 Å². The van der Waals surface area contributed by atoms with E-state index in [4.69, 9.17) is 4.74 Å². The van der Waals surface area contributed by atoms with E-state index in [9.17, 15) is 0 Å². The monoisotopic (exact) mass is 277 g/mol. The zero-order chi connectivity index (χ0) is 13.7. The first-order chi connectivity index (χ1) is 9.24. The van der Waals surface area contributed by atoms with E-state index in [1.54, 1.807) is 17.7 Å². The maximum Gasteiger partial charge on any atom is 0.138 e. The highest BCUT2D eigenvalue weighted by atomic mass is 32.1. The lowest BCUT2D eigenvalue weighted by molar-refractivity contribution is 0.149. The number of nitrogens with one attached hydrogen (secondary N) is 1. The van der Waals surface area contributed by atoms with E-state index in [0.717, 1.165) is 35.6 Å². The number of aryl methyl sites for hydroxylation is 2. The van der Waals surface area contributed by atoms with Gasteiger partial charge in [0.15, 0.2) is 0 Å². The molecule has 0 spiro atoms. The molecule has 0 atom stereocenters. The van der Waals surface area contributed by atoms with Crippen LogP contribution in [0.15, 0.2) is 19.0 Å². The van der Waals surface area contributed by atoms with Crippen LogP contribution in [0.3, 0.4) is 0 Å². The minimum absolute atomic E-state index is 0.668. The second-order valence-corrected chi connectivity index (χ2v) is 5.51. The number of hydrogen-bond acceptors (Lipinski definition) is 5. The van der Waals surface area contributed by atoms with E-state index in [2.05, 4.69) is 35.7 Å². The molecule has 0 aliphatic heterocycles. The molecule has 5 heteroatoms. The summed E-state index contributed by atoms with van der Waals surface area (Å²) >= 11 is 1.71. The lowest BCUT2D eigenvalue weighted by Gasteiger charge is -2.07. The molecular weight excluding hydrogens is 258 g/mol. The van der Waals surface area contributed by atoms with Crippen LogP contribution in [0.5, 0.6) is 0 Å². The van der Waals surface area contributed by atoms with Gasteiger partial charge in [0.05, 0.1) is 18.6 Å². The molecule has 2 aromatic rings. The number of anilines is 1. The van der Waals surface area contributed by atoms with Crippen molar-refractivity contribution in [2.24, 2.45) is 0 Å². The maximum atomic E-state index is 5.47. The Morgan fingerprint density at radius 3 is 3.00 bits per heavy atom. The van der Waals surface area contributed by atoms with Crippen molar-refractivity contribution >= 4 is 27.4 Å². The Balaban J connectivity index is 1.98. The first-order valence-electron chi connectivity index (χ1n) is 6.37. The van der Waals surface area contributed by atoms with Gasteiger partial charge in [-0.15, -0.1) is 17.9 Å². The summed E-state index contributed by atoms with van der Waals surface area (Å²) in [5, 5.41) is 4.46. The fraction of sp³-hybridized carbons (Fsp3) is 0.429. The van der Waals surface area contributed by atoms with Crippen LogP contribution in [0, 0.1) is 13.8 Å². The predicted octanol–water partition coefficient (Wildman–Crippen LogP) is 3.31. The molecule has 0 aliphatic carbocycles. The second kappa shape index (κ2) is 6.63. The molecule has 0 amide bonds. The third-order valence-corrected chi connectivity index (χ3v) is 4.09. The summed E-state index contributed by atoms with van der Waals surface area (Å²) in [5.74, 6) is 0.902. The molecule has 19 heavy (non-hydrogen) atoms. The van der Waals surface area contributed by atoms with Crippen LogP contribution in [0.4, 0.5) is 5.82 Å². The fourth-order valence-electron chi connectivity index (χ4n) is 1.83. The van der Waals surface area contributed by atoms with Gasteiger partial charge >= 0.3 is 0 Å². The average Bonchev–Trinajstić information content (AvgIpc) is 2.70. The molecule has 2 aromatic heterocycles. The molecule has 2 rings (SSSR count). The summed E-state index contributed by atoms with van der Waals surface area (Å²) in [6.07, 6.45) is 4.36. The summed E-state index contributed by atoms with van der Waals surface area (Å²) in [6, 6.07) is 0. The highest BCUT2D eigenvalue weighted by Gasteiger charge is 2.11. The van der Waals surface area contributed by atoms with Gasteiger partial charge in [-0.25, -0.2) is 9.97 Å². The van der Waals surface area contributed by atoms with Gasteiger partial charge in [0.1, 0.15) is 17.0 Å². The molecule has 0 radical (unpaired) electrons. The first-order valence-corrected chi connectivity index (χ1v) is 7.19. The molecule has 4 nitrogen and oxygen atoms in total. The highest BCUT2D eigenvalue weighted by Crippen LogP contribution is 2.32. The molecule has 102 valence electrons. The number of aromatic nitrogens is 2. The number of ether oxygens (including phenoxy) is 1. The molecule has 0 aromatic carbocycles. The van der Waals surface area contributed by atoms with Crippen LogP contribution in [0.2, 0.25) is 0 Å². The smallest absolute Gasteiger partial charge is 0.138 e. The number of rotatable bonds is 7. The number of thiophene rings is 1. The van der Waals surface area contributed by atoms with Gasteiger partial charge < -0.3 is 10.1 Å². The summed E-state index contributed by atoms with van der Waals surface area (Å²) < 4.78 is 5.47. The fourth-order valence-corrected chi connectivity index (χ4v) is 2.82. The summed E-state index contributed by atoms with van der Waals surface area (Å²) in [7, 11) is 0. The van der Waals surface area contributed by atoms with Gasteiger partial charge in [-0.05, 0) is 25.8 Å². The Morgan fingerprint density at radius 2 is 2.21 bits per heavy atom. The topological polar surface area (TPSA) is 47.0 Å². The van der Waals surface area contributed by atoms with Gasteiger partial charge in [0.2, 0.25) is 0 Å². The van der Waals surface area contributed by atoms with E-state index in [0.29, 0.717) is 6.61 Å². The van der Waals surface area contributed by atoms with Gasteiger partial charge in [-0.2, -0.15) is 0 Å². The Morgan fingerprint density at radius 1 is 1.37 bits per heavy atom. The minimum atomic E-state index is 0.668. The van der Waals surface area contributed by atoms with Crippen LogP contribution < -0.4 is 5.32 Å². The SMILES string of the molecule is C=CCCOCCNc1ncnc2sc(C)c(C)c12. The lowest BCUT2D eigenvalue weighted by Crippen LogP contribution is -2.11. The van der Waals surface area contributed by atoms with Crippen LogP contribution >= 0.6 is 11.3 Å². The van der Waals surface area contributed by atoms with Crippen molar-refractivity contribution in [2.75, 3.05) is 25.1 Å². The molecule has 2 heterocycles. The molecule has 0 bridgehead atoms. The minimum Gasteiger partial charge on any atom is -0.379 e. The van der Waals surface area contributed by atoms with E-state index < -0.39 is 0 Å². The van der Waals surface area contributed by atoms with Gasteiger partial charge in [0.25, 0.3) is 0 Å². The third-order valence-electron chi connectivity index (χ3n) is 2.97. The zero-order valence-electron chi connectivity index (χ0n) is 11.4. The van der Waals surface area contributed by atoms with Crippen LogP contribution in [-0.4, -0.2) is 29.7 Å². The predicted molar refractivity (Wildman–Crippen MR) is 81.0 cm³/mol. The molecular formula is C14H19N3OS. The lowest BCUT2D eigenvalue weighted by atomic mass is 10.2. The third kappa shape index (κ3) is 3.30. The number of fused-ring (bicyclic) bond motifs is 1. The van der Waals surface area contributed by atoms with Crippen molar-refractivity contribution in [3.63, 3.8) is 0 Å². The first kappa shape index (κ1) is 14.0. The largest absolute Gasteiger partial charge is 0.379 e. The van der Waals surface area contributed by atoms with Crippen molar-refractivity contribution in [3.05, 3.63) is 29.4 Å². The molecule has 1 N–H and O–H groups in total. The molecule has 0 aliphatic rings. The quantitative estimate of drug-likeness (QED) is 0.623. The van der Waals surface area contributed by atoms with E-state index in [1.807, 2.05) is 6.08 Å². The van der Waals surface area contributed by atoms with Crippen molar-refractivity contribution in [3.8, 4) is 0 Å². The van der Waals surface area contributed by atoms with E-state index >= 15 is 0 Å². The van der Waals surface area contributed by atoms with Crippen molar-refractivity contribution < 1.29 is 4.74 Å². The zero-order valence-corrected chi connectivity index (χ0v) is 12.2. The van der Waals surface area contributed by atoms with Crippen molar-refractivity contribution in [2.45, 2.75) is 20.3 Å². The summed E-state index contributed by atoms with van der Waals surface area (Å²) in [5.41, 5.74) is 1.26. The molecule has 0 saturated heterocycles.